The highest BCUT2D eigenvalue weighted by molar-refractivity contribution is 5.43. The Morgan fingerprint density at radius 2 is 1.91 bits per heavy atom. The van der Waals surface area contributed by atoms with Gasteiger partial charge >= 0.3 is 0 Å². The molecular formula is C26H31F2N3O3. The highest BCUT2D eigenvalue weighted by Crippen LogP contribution is 2.33. The van der Waals surface area contributed by atoms with Gasteiger partial charge in [0.15, 0.2) is 11.6 Å². The number of hydrogen-bond donors (Lipinski definition) is 1. The number of aromatic nitrogens is 2. The lowest BCUT2D eigenvalue weighted by atomic mass is 10.2. The molecule has 0 spiro atoms. The first-order chi connectivity index (χ1) is 16.4. The summed E-state index contributed by atoms with van der Waals surface area (Å²) in [6, 6.07) is 12.0. The van der Waals surface area contributed by atoms with Gasteiger partial charge in [-0.05, 0) is 56.3 Å². The smallest absolute Gasteiger partial charge is 0.227 e. The van der Waals surface area contributed by atoms with Gasteiger partial charge < -0.3 is 14.6 Å². The van der Waals surface area contributed by atoms with E-state index in [1.54, 1.807) is 41.1 Å². The van der Waals surface area contributed by atoms with E-state index in [2.05, 4.69) is 23.5 Å². The Balaban J connectivity index is 1.95. The average molecular weight is 472 g/mol. The molecule has 3 rings (SSSR count). The minimum absolute atomic E-state index is 0.0620. The number of rotatable bonds is 13. The molecule has 0 fully saturated rings. The van der Waals surface area contributed by atoms with Crippen LogP contribution in [0, 0.1) is 18.6 Å². The molecule has 1 atom stereocenters. The predicted octanol–water partition coefficient (Wildman–Crippen LogP) is 5.03. The van der Waals surface area contributed by atoms with Gasteiger partial charge in [-0.2, -0.15) is 5.10 Å². The number of ether oxygens (including phenoxy) is 2. The third-order valence-electron chi connectivity index (χ3n) is 5.19. The Morgan fingerprint density at radius 1 is 1.18 bits per heavy atom. The first kappa shape index (κ1) is 25.6. The number of para-hydroxylation sites is 1. The van der Waals surface area contributed by atoms with Crippen molar-refractivity contribution in [2.45, 2.75) is 32.9 Å². The zero-order chi connectivity index (χ0) is 24.5. The molecule has 0 aliphatic rings. The van der Waals surface area contributed by atoms with E-state index in [4.69, 9.17) is 9.47 Å². The first-order valence-electron chi connectivity index (χ1n) is 11.3. The summed E-state index contributed by atoms with van der Waals surface area (Å²) in [4.78, 5) is 2.08. The molecule has 2 aromatic carbocycles. The molecule has 1 aromatic heterocycles. The van der Waals surface area contributed by atoms with E-state index in [0.717, 1.165) is 18.5 Å². The summed E-state index contributed by atoms with van der Waals surface area (Å²) in [5.41, 5.74) is 2.02. The second-order valence-corrected chi connectivity index (χ2v) is 8.00. The molecule has 0 radical (unpaired) electrons. The molecule has 0 saturated carbocycles. The molecule has 1 heterocycles. The van der Waals surface area contributed by atoms with Gasteiger partial charge in [0.1, 0.15) is 5.82 Å². The maximum absolute atomic E-state index is 14.4. The van der Waals surface area contributed by atoms with Crippen LogP contribution in [-0.2, 0) is 11.3 Å². The third-order valence-corrected chi connectivity index (χ3v) is 5.19. The van der Waals surface area contributed by atoms with Crippen LogP contribution in [0.5, 0.6) is 11.6 Å². The van der Waals surface area contributed by atoms with Crippen molar-refractivity contribution < 1.29 is 23.4 Å². The SMILES string of the molecule is C=CCOCC(O)CN(CCC)Cc1c(C)nn(-c2ccc(F)cc2)c1Oc1ccccc1F. The maximum atomic E-state index is 14.4. The maximum Gasteiger partial charge on any atom is 0.227 e. The van der Waals surface area contributed by atoms with Crippen molar-refractivity contribution >= 4 is 0 Å². The number of aliphatic hydroxyl groups excluding tert-OH is 1. The highest BCUT2D eigenvalue weighted by atomic mass is 19.1. The van der Waals surface area contributed by atoms with Gasteiger partial charge in [-0.1, -0.05) is 25.1 Å². The van der Waals surface area contributed by atoms with Gasteiger partial charge in [-0.25, -0.2) is 13.5 Å². The molecule has 3 aromatic rings. The molecule has 0 amide bonds. The van der Waals surface area contributed by atoms with E-state index in [1.165, 1.54) is 18.2 Å². The Labute approximate surface area is 199 Å². The summed E-state index contributed by atoms with van der Waals surface area (Å²) >= 11 is 0. The largest absolute Gasteiger partial charge is 0.435 e. The van der Waals surface area contributed by atoms with Gasteiger partial charge in [-0.3, -0.25) is 4.90 Å². The van der Waals surface area contributed by atoms with Crippen LogP contribution in [0.15, 0.2) is 61.2 Å². The first-order valence-corrected chi connectivity index (χ1v) is 11.3. The van der Waals surface area contributed by atoms with E-state index < -0.39 is 11.9 Å². The number of nitrogens with zero attached hydrogens (tertiary/aromatic N) is 3. The van der Waals surface area contributed by atoms with E-state index in [-0.39, 0.29) is 18.2 Å². The van der Waals surface area contributed by atoms with Crippen LogP contribution in [-0.4, -0.2) is 52.2 Å². The van der Waals surface area contributed by atoms with Gasteiger partial charge in [0.05, 0.1) is 36.3 Å². The topological polar surface area (TPSA) is 59.8 Å². The number of aliphatic hydroxyl groups is 1. The second kappa shape index (κ2) is 12.4. The molecule has 6 nitrogen and oxygen atoms in total. The van der Waals surface area contributed by atoms with Crippen molar-refractivity contribution in [1.82, 2.24) is 14.7 Å². The summed E-state index contributed by atoms with van der Waals surface area (Å²) in [6.45, 7) is 9.59. The zero-order valence-electron chi connectivity index (χ0n) is 19.6. The average Bonchev–Trinajstić information content (AvgIpc) is 3.11. The van der Waals surface area contributed by atoms with Crippen LogP contribution in [0.3, 0.4) is 0 Å². The lowest BCUT2D eigenvalue weighted by molar-refractivity contribution is 0.0244. The fourth-order valence-corrected chi connectivity index (χ4v) is 3.63. The number of hydrogen-bond acceptors (Lipinski definition) is 5. The quantitative estimate of drug-likeness (QED) is 0.280. The highest BCUT2D eigenvalue weighted by Gasteiger charge is 2.23. The van der Waals surface area contributed by atoms with Crippen molar-refractivity contribution in [1.29, 1.82) is 0 Å². The van der Waals surface area contributed by atoms with Gasteiger partial charge in [-0.15, -0.1) is 6.58 Å². The standard InChI is InChI=1S/C26H31F2N3O3/c1-4-14-30(16-22(32)18-33-15-5-2)17-23-19(3)29-31(21-12-10-20(27)11-13-21)26(23)34-25-9-7-6-8-24(25)28/h5-13,22,32H,2,4,14-18H2,1,3H3. The number of halogens is 2. The van der Waals surface area contributed by atoms with E-state index >= 15 is 0 Å². The number of aryl methyl sites for hydroxylation is 1. The fourth-order valence-electron chi connectivity index (χ4n) is 3.63. The second-order valence-electron chi connectivity index (χ2n) is 8.00. The Bertz CT molecular complexity index is 1070. The summed E-state index contributed by atoms with van der Waals surface area (Å²) in [5, 5.41) is 15.0. The molecule has 0 bridgehead atoms. The summed E-state index contributed by atoms with van der Waals surface area (Å²) in [5.74, 6) is -0.469. The van der Waals surface area contributed by atoms with Crippen molar-refractivity contribution in [3.8, 4) is 17.3 Å². The Hall–Kier alpha value is -3.07. The molecule has 182 valence electrons. The summed E-state index contributed by atoms with van der Waals surface area (Å²) < 4.78 is 40.9. The van der Waals surface area contributed by atoms with E-state index in [1.807, 2.05) is 6.92 Å². The van der Waals surface area contributed by atoms with Crippen LogP contribution in [0.4, 0.5) is 8.78 Å². The molecule has 0 aliphatic heterocycles. The predicted molar refractivity (Wildman–Crippen MR) is 127 cm³/mol. The van der Waals surface area contributed by atoms with Gasteiger partial charge in [0, 0.05) is 13.1 Å². The molecule has 0 saturated heterocycles. The monoisotopic (exact) mass is 471 g/mol. The molecule has 1 N–H and O–H groups in total. The molecule has 0 aliphatic carbocycles. The number of benzene rings is 2. The zero-order valence-corrected chi connectivity index (χ0v) is 19.6. The van der Waals surface area contributed by atoms with Crippen molar-refractivity contribution in [2.24, 2.45) is 0 Å². The lowest BCUT2D eigenvalue weighted by Gasteiger charge is -2.25. The minimum Gasteiger partial charge on any atom is -0.435 e. The van der Waals surface area contributed by atoms with Crippen molar-refractivity contribution in [3.05, 3.63) is 84.1 Å². The molecular weight excluding hydrogens is 440 g/mol. The van der Waals surface area contributed by atoms with Crippen LogP contribution >= 0.6 is 0 Å². The summed E-state index contributed by atoms with van der Waals surface area (Å²) in [6.07, 6.45) is 1.82. The minimum atomic E-state index is -0.685. The lowest BCUT2D eigenvalue weighted by Crippen LogP contribution is -2.35. The van der Waals surface area contributed by atoms with E-state index in [9.17, 15) is 13.9 Å². The van der Waals surface area contributed by atoms with Crippen LogP contribution in [0.1, 0.15) is 24.6 Å². The summed E-state index contributed by atoms with van der Waals surface area (Å²) in [7, 11) is 0. The van der Waals surface area contributed by atoms with Gasteiger partial charge in [0.25, 0.3) is 0 Å². The Morgan fingerprint density at radius 3 is 2.59 bits per heavy atom. The van der Waals surface area contributed by atoms with Crippen LogP contribution in [0.2, 0.25) is 0 Å². The molecule has 8 heteroatoms. The molecule has 1 unspecified atom stereocenters. The fraction of sp³-hybridized carbons (Fsp3) is 0.346. The van der Waals surface area contributed by atoms with Crippen molar-refractivity contribution in [3.63, 3.8) is 0 Å². The third kappa shape index (κ3) is 6.72. The van der Waals surface area contributed by atoms with Gasteiger partial charge in [0.2, 0.25) is 5.88 Å². The van der Waals surface area contributed by atoms with Crippen molar-refractivity contribution in [2.75, 3.05) is 26.3 Å². The van der Waals surface area contributed by atoms with E-state index in [0.29, 0.717) is 37.0 Å². The molecule has 34 heavy (non-hydrogen) atoms. The van der Waals surface area contributed by atoms with Crippen LogP contribution < -0.4 is 4.74 Å². The normalized spacial score (nSPS) is 12.2. The Kier molecular flexibility index (Phi) is 9.33. The van der Waals surface area contributed by atoms with Crippen LogP contribution in [0.25, 0.3) is 5.69 Å².